The summed E-state index contributed by atoms with van der Waals surface area (Å²) >= 11 is 0. The number of rotatable bonds is 3. The fraction of sp³-hybridized carbons (Fsp3) is 0.600. The van der Waals surface area contributed by atoms with Crippen molar-refractivity contribution >= 4 is 0 Å². The van der Waals surface area contributed by atoms with Crippen LogP contribution in [0.5, 0.6) is 0 Å². The van der Waals surface area contributed by atoms with E-state index in [0.29, 0.717) is 5.82 Å². The summed E-state index contributed by atoms with van der Waals surface area (Å²) in [5.74, 6) is 0.388. The van der Waals surface area contributed by atoms with Crippen LogP contribution < -0.4 is 5.32 Å². The molecule has 68 valence electrons. The van der Waals surface area contributed by atoms with Gasteiger partial charge in [0.2, 0.25) is 0 Å². The van der Waals surface area contributed by atoms with Crippen LogP contribution in [0.1, 0.15) is 5.82 Å². The zero-order chi connectivity index (χ0) is 9.03. The minimum absolute atomic E-state index is 0.0412. The third-order valence-corrected chi connectivity index (χ3v) is 1.08. The van der Waals surface area contributed by atoms with Gasteiger partial charge < -0.3 is 5.32 Å². The molecule has 4 nitrogen and oxygen atoms in total. The molecule has 7 heteroatoms. The van der Waals surface area contributed by atoms with Crippen LogP contribution in [0.2, 0.25) is 0 Å². The molecule has 1 aromatic rings. The van der Waals surface area contributed by atoms with Crippen LogP contribution in [0.25, 0.3) is 0 Å². The van der Waals surface area contributed by atoms with E-state index in [1.807, 2.05) is 0 Å². The zero-order valence-electron chi connectivity index (χ0n) is 6.02. The highest BCUT2D eigenvalue weighted by atomic mass is 19.4. The fourth-order valence-electron chi connectivity index (χ4n) is 0.639. The number of nitrogens with zero attached hydrogens (tertiary/aromatic N) is 2. The van der Waals surface area contributed by atoms with Gasteiger partial charge in [-0.1, -0.05) is 0 Å². The van der Waals surface area contributed by atoms with Gasteiger partial charge in [-0.15, -0.1) is 0 Å². The molecular formula is C5H7F3N4. The average Bonchev–Trinajstić information content (AvgIpc) is 2.36. The van der Waals surface area contributed by atoms with Crippen molar-refractivity contribution in [2.75, 3.05) is 6.54 Å². The van der Waals surface area contributed by atoms with Crippen LogP contribution in [0.3, 0.4) is 0 Å². The van der Waals surface area contributed by atoms with Crippen LogP contribution in [-0.2, 0) is 6.54 Å². The lowest BCUT2D eigenvalue weighted by Crippen LogP contribution is -2.28. The lowest BCUT2D eigenvalue weighted by molar-refractivity contribution is -0.125. The minimum Gasteiger partial charge on any atom is -0.302 e. The topological polar surface area (TPSA) is 53.6 Å². The molecule has 0 amide bonds. The molecule has 0 unspecified atom stereocenters. The lowest BCUT2D eigenvalue weighted by atomic mass is 10.5. The smallest absolute Gasteiger partial charge is 0.302 e. The number of H-pyrrole nitrogens is 1. The van der Waals surface area contributed by atoms with E-state index in [1.54, 1.807) is 0 Å². The number of halogens is 3. The monoisotopic (exact) mass is 180 g/mol. The van der Waals surface area contributed by atoms with Gasteiger partial charge >= 0.3 is 6.18 Å². The van der Waals surface area contributed by atoms with Crippen molar-refractivity contribution in [2.24, 2.45) is 0 Å². The summed E-state index contributed by atoms with van der Waals surface area (Å²) in [5, 5.41) is 8.08. The highest BCUT2D eigenvalue weighted by Gasteiger charge is 2.26. The van der Waals surface area contributed by atoms with Gasteiger partial charge in [0.05, 0.1) is 13.1 Å². The quantitative estimate of drug-likeness (QED) is 0.710. The predicted molar refractivity (Wildman–Crippen MR) is 34.1 cm³/mol. The van der Waals surface area contributed by atoms with Gasteiger partial charge in [0.15, 0.2) is 0 Å². The van der Waals surface area contributed by atoms with Crippen molar-refractivity contribution in [3.05, 3.63) is 12.2 Å². The lowest BCUT2D eigenvalue weighted by Gasteiger charge is -2.05. The first-order valence-electron chi connectivity index (χ1n) is 3.19. The third-order valence-electron chi connectivity index (χ3n) is 1.08. The van der Waals surface area contributed by atoms with E-state index >= 15 is 0 Å². The molecule has 0 aliphatic heterocycles. The summed E-state index contributed by atoms with van der Waals surface area (Å²) in [6.07, 6.45) is -2.94. The summed E-state index contributed by atoms with van der Waals surface area (Å²) in [6, 6.07) is 0. The maximum absolute atomic E-state index is 11.6. The second kappa shape index (κ2) is 3.53. The molecule has 0 atom stereocenters. The summed E-state index contributed by atoms with van der Waals surface area (Å²) < 4.78 is 34.7. The molecular weight excluding hydrogens is 173 g/mol. The maximum Gasteiger partial charge on any atom is 0.401 e. The van der Waals surface area contributed by atoms with Gasteiger partial charge in [0.25, 0.3) is 0 Å². The Balaban J connectivity index is 2.20. The molecule has 0 fully saturated rings. The molecule has 1 heterocycles. The normalized spacial score (nSPS) is 11.9. The van der Waals surface area contributed by atoms with E-state index in [0.717, 1.165) is 0 Å². The highest BCUT2D eigenvalue weighted by molar-refractivity contribution is 4.78. The molecule has 1 rings (SSSR count). The summed E-state index contributed by atoms with van der Waals surface area (Å²) in [5.41, 5.74) is 0. The summed E-state index contributed by atoms with van der Waals surface area (Å²) in [6.45, 7) is -0.979. The van der Waals surface area contributed by atoms with E-state index in [9.17, 15) is 13.2 Å². The SMILES string of the molecule is FC(F)(F)CNCc1ncn[nH]1. The Hall–Kier alpha value is -1.11. The summed E-state index contributed by atoms with van der Waals surface area (Å²) in [4.78, 5) is 3.64. The van der Waals surface area contributed by atoms with Crippen molar-refractivity contribution in [3.63, 3.8) is 0 Å². The highest BCUT2D eigenvalue weighted by Crippen LogP contribution is 2.12. The first kappa shape index (κ1) is 8.98. The number of hydrogen-bond acceptors (Lipinski definition) is 3. The van der Waals surface area contributed by atoms with Crippen LogP contribution in [-0.4, -0.2) is 27.9 Å². The summed E-state index contributed by atoms with van der Waals surface area (Å²) in [7, 11) is 0. The van der Waals surface area contributed by atoms with Crippen molar-refractivity contribution in [1.82, 2.24) is 20.5 Å². The van der Waals surface area contributed by atoms with Crippen molar-refractivity contribution < 1.29 is 13.2 Å². The Morgan fingerprint density at radius 3 is 2.75 bits per heavy atom. The molecule has 0 radical (unpaired) electrons. The molecule has 0 spiro atoms. The predicted octanol–water partition coefficient (Wildman–Crippen LogP) is 0.457. The van der Waals surface area contributed by atoms with Crippen LogP contribution in [0, 0.1) is 0 Å². The molecule has 0 saturated heterocycles. The molecule has 0 aliphatic rings. The first-order valence-corrected chi connectivity index (χ1v) is 3.19. The van der Waals surface area contributed by atoms with Crippen LogP contribution in [0.15, 0.2) is 6.33 Å². The number of aromatic amines is 1. The molecule has 0 bridgehead atoms. The number of alkyl halides is 3. The van der Waals surface area contributed by atoms with Gasteiger partial charge in [0, 0.05) is 0 Å². The largest absolute Gasteiger partial charge is 0.401 e. The van der Waals surface area contributed by atoms with Crippen LogP contribution >= 0.6 is 0 Å². The number of nitrogens with one attached hydrogen (secondary N) is 2. The average molecular weight is 180 g/mol. The molecule has 0 aromatic carbocycles. The van der Waals surface area contributed by atoms with Gasteiger partial charge in [-0.05, 0) is 0 Å². The number of hydrogen-bond donors (Lipinski definition) is 2. The second-order valence-electron chi connectivity index (χ2n) is 2.15. The second-order valence-corrected chi connectivity index (χ2v) is 2.15. The maximum atomic E-state index is 11.6. The molecule has 2 N–H and O–H groups in total. The van der Waals surface area contributed by atoms with Crippen molar-refractivity contribution in [3.8, 4) is 0 Å². The molecule has 1 aromatic heterocycles. The molecule has 12 heavy (non-hydrogen) atoms. The van der Waals surface area contributed by atoms with Gasteiger partial charge in [-0.2, -0.15) is 18.3 Å². The standard InChI is InChI=1S/C5H7F3N4/c6-5(7,8)2-9-1-4-10-3-11-12-4/h3,9H,1-2H2,(H,10,11,12). The Bertz CT molecular complexity index is 217. The van der Waals surface area contributed by atoms with Crippen LogP contribution in [0.4, 0.5) is 13.2 Å². The Morgan fingerprint density at radius 1 is 1.50 bits per heavy atom. The minimum atomic E-state index is -4.18. The Labute approximate surface area is 66.2 Å². The number of aromatic nitrogens is 3. The Morgan fingerprint density at radius 2 is 2.25 bits per heavy atom. The van der Waals surface area contributed by atoms with Gasteiger partial charge in [0.1, 0.15) is 12.2 Å². The van der Waals surface area contributed by atoms with Crippen molar-refractivity contribution in [1.29, 1.82) is 0 Å². The first-order chi connectivity index (χ1) is 5.58. The van der Waals surface area contributed by atoms with Gasteiger partial charge in [-0.25, -0.2) is 4.98 Å². The van der Waals surface area contributed by atoms with E-state index in [4.69, 9.17) is 0 Å². The van der Waals surface area contributed by atoms with E-state index < -0.39 is 12.7 Å². The Kier molecular flexibility index (Phi) is 2.64. The molecule has 0 saturated carbocycles. The zero-order valence-corrected chi connectivity index (χ0v) is 6.02. The van der Waals surface area contributed by atoms with E-state index in [-0.39, 0.29) is 6.54 Å². The molecule has 0 aliphatic carbocycles. The van der Waals surface area contributed by atoms with E-state index in [2.05, 4.69) is 20.5 Å². The third kappa shape index (κ3) is 3.33. The van der Waals surface area contributed by atoms with Crippen molar-refractivity contribution in [2.45, 2.75) is 12.7 Å². The fourth-order valence-corrected chi connectivity index (χ4v) is 0.639. The van der Waals surface area contributed by atoms with Gasteiger partial charge in [-0.3, -0.25) is 5.10 Å². The van der Waals surface area contributed by atoms with E-state index in [1.165, 1.54) is 6.33 Å².